The maximum absolute atomic E-state index is 12.0. The van der Waals surface area contributed by atoms with Crippen molar-refractivity contribution in [3.05, 3.63) is 36.1 Å². The van der Waals surface area contributed by atoms with Gasteiger partial charge in [-0.15, -0.1) is 0 Å². The number of hydrogen-bond donors (Lipinski definition) is 2. The van der Waals surface area contributed by atoms with Gasteiger partial charge in [-0.2, -0.15) is 5.26 Å². The van der Waals surface area contributed by atoms with Crippen molar-refractivity contribution in [3.63, 3.8) is 0 Å². The van der Waals surface area contributed by atoms with Gasteiger partial charge in [0.1, 0.15) is 12.2 Å². The number of anilines is 1. The molecule has 1 aliphatic heterocycles. The van der Waals surface area contributed by atoms with Crippen molar-refractivity contribution in [2.75, 3.05) is 32.5 Å². The second-order valence-electron chi connectivity index (χ2n) is 6.29. The van der Waals surface area contributed by atoms with Crippen LogP contribution >= 0.6 is 0 Å². The molecule has 1 amide bonds. The smallest absolute Gasteiger partial charge is 0.236 e. The van der Waals surface area contributed by atoms with Crippen LogP contribution in [0.1, 0.15) is 31.7 Å². The first-order valence-electron chi connectivity index (χ1n) is 8.64. The fourth-order valence-corrected chi connectivity index (χ4v) is 3.10. The van der Waals surface area contributed by atoms with Gasteiger partial charge in [0.25, 0.3) is 0 Å². The summed E-state index contributed by atoms with van der Waals surface area (Å²) in [4.78, 5) is 19.2. The van der Waals surface area contributed by atoms with E-state index >= 15 is 0 Å². The van der Waals surface area contributed by atoms with Crippen molar-refractivity contribution in [1.82, 2.24) is 14.8 Å². The van der Waals surface area contributed by atoms with Crippen molar-refractivity contribution < 1.29 is 4.79 Å². The van der Waals surface area contributed by atoms with Crippen LogP contribution in [0.2, 0.25) is 0 Å². The molecule has 25 heavy (non-hydrogen) atoms. The number of carbonyl (C=O) groups is 1. The third-order valence-corrected chi connectivity index (χ3v) is 4.74. The van der Waals surface area contributed by atoms with Gasteiger partial charge < -0.3 is 20.1 Å². The summed E-state index contributed by atoms with van der Waals surface area (Å²) in [5.74, 6) is 0.850. The molecule has 1 aliphatic rings. The number of nitriles is 1. The molecule has 1 atom stereocenters. The Morgan fingerprint density at radius 2 is 2.40 bits per heavy atom. The SMILES string of the molecule is C=C(/C=C(\c1cc[nH]c1NC)N1CCC(N(C)C(=O)CC#N)C1)CC. The van der Waals surface area contributed by atoms with E-state index in [1.54, 1.807) is 11.9 Å². The summed E-state index contributed by atoms with van der Waals surface area (Å²) in [6, 6.07) is 4.11. The van der Waals surface area contributed by atoms with Gasteiger partial charge in [0.2, 0.25) is 5.91 Å². The molecule has 0 saturated carbocycles. The average molecular weight is 341 g/mol. The molecule has 6 nitrogen and oxygen atoms in total. The highest BCUT2D eigenvalue weighted by Crippen LogP contribution is 2.31. The van der Waals surface area contributed by atoms with Crippen LogP contribution in [-0.2, 0) is 4.79 Å². The van der Waals surface area contributed by atoms with Gasteiger partial charge in [-0.05, 0) is 25.0 Å². The third-order valence-electron chi connectivity index (χ3n) is 4.74. The summed E-state index contributed by atoms with van der Waals surface area (Å²) in [5.41, 5.74) is 3.28. The topological polar surface area (TPSA) is 75.2 Å². The molecular weight excluding hydrogens is 314 g/mol. The molecule has 2 rings (SSSR count). The van der Waals surface area contributed by atoms with Crippen molar-refractivity contribution in [3.8, 4) is 6.07 Å². The van der Waals surface area contributed by atoms with Crippen LogP contribution < -0.4 is 5.32 Å². The van der Waals surface area contributed by atoms with Crippen LogP contribution in [0.5, 0.6) is 0 Å². The van der Waals surface area contributed by atoms with Crippen molar-refractivity contribution in [1.29, 1.82) is 5.26 Å². The number of H-pyrrole nitrogens is 1. The van der Waals surface area contributed by atoms with E-state index < -0.39 is 0 Å². The van der Waals surface area contributed by atoms with Crippen LogP contribution in [0.4, 0.5) is 5.82 Å². The molecule has 1 aromatic rings. The Morgan fingerprint density at radius 1 is 1.64 bits per heavy atom. The highest BCUT2D eigenvalue weighted by Gasteiger charge is 2.30. The van der Waals surface area contributed by atoms with E-state index in [-0.39, 0.29) is 18.4 Å². The third kappa shape index (κ3) is 4.24. The predicted octanol–water partition coefficient (Wildman–Crippen LogP) is 2.81. The fourth-order valence-electron chi connectivity index (χ4n) is 3.10. The Bertz CT molecular complexity index is 697. The fraction of sp³-hybridized carbons (Fsp3) is 0.474. The first kappa shape index (κ1) is 18.7. The van der Waals surface area contributed by atoms with Crippen LogP contribution in [0.25, 0.3) is 5.70 Å². The summed E-state index contributed by atoms with van der Waals surface area (Å²) in [6.45, 7) is 7.84. The van der Waals surface area contributed by atoms with E-state index in [4.69, 9.17) is 5.26 Å². The number of likely N-dealkylation sites (N-methyl/N-ethyl adjacent to an activating group) is 1. The lowest BCUT2D eigenvalue weighted by atomic mass is 10.1. The Morgan fingerprint density at radius 3 is 3.04 bits per heavy atom. The van der Waals surface area contributed by atoms with Crippen molar-refractivity contribution in [2.24, 2.45) is 0 Å². The van der Waals surface area contributed by atoms with Gasteiger partial charge >= 0.3 is 0 Å². The molecule has 134 valence electrons. The number of aromatic amines is 1. The first-order chi connectivity index (χ1) is 12.0. The lowest BCUT2D eigenvalue weighted by Crippen LogP contribution is -2.38. The zero-order valence-corrected chi connectivity index (χ0v) is 15.3. The Labute approximate surface area is 149 Å². The Balaban J connectivity index is 2.23. The number of hydrogen-bond acceptors (Lipinski definition) is 4. The van der Waals surface area contributed by atoms with E-state index in [0.717, 1.165) is 48.6 Å². The highest BCUT2D eigenvalue weighted by molar-refractivity contribution is 5.79. The van der Waals surface area contributed by atoms with Gasteiger partial charge in [0.05, 0.1) is 12.1 Å². The number of allylic oxidation sites excluding steroid dienone is 2. The maximum atomic E-state index is 12.0. The molecule has 1 aromatic heterocycles. The van der Waals surface area contributed by atoms with E-state index in [2.05, 4.69) is 40.8 Å². The summed E-state index contributed by atoms with van der Waals surface area (Å²) in [6.07, 6.45) is 5.76. The number of aromatic nitrogens is 1. The predicted molar refractivity (Wildman–Crippen MR) is 101 cm³/mol. The largest absolute Gasteiger partial charge is 0.374 e. The molecule has 0 spiro atoms. The van der Waals surface area contributed by atoms with E-state index in [1.165, 1.54) is 0 Å². The molecule has 1 fully saturated rings. The molecule has 1 unspecified atom stereocenters. The lowest BCUT2D eigenvalue weighted by molar-refractivity contribution is -0.130. The Hall–Kier alpha value is -2.68. The summed E-state index contributed by atoms with van der Waals surface area (Å²) in [7, 11) is 3.68. The molecule has 1 saturated heterocycles. The highest BCUT2D eigenvalue weighted by atomic mass is 16.2. The van der Waals surface area contributed by atoms with Gasteiger partial charge in [0.15, 0.2) is 0 Å². The molecule has 0 radical (unpaired) electrons. The van der Waals surface area contributed by atoms with Crippen LogP contribution in [-0.4, -0.2) is 53.9 Å². The van der Waals surface area contributed by atoms with Gasteiger partial charge in [0, 0.05) is 44.6 Å². The summed E-state index contributed by atoms with van der Waals surface area (Å²) < 4.78 is 0. The number of nitrogens with one attached hydrogen (secondary N) is 2. The summed E-state index contributed by atoms with van der Waals surface area (Å²) in [5, 5.41) is 11.9. The zero-order valence-electron chi connectivity index (χ0n) is 15.3. The minimum atomic E-state index is -0.115. The monoisotopic (exact) mass is 341 g/mol. The van der Waals surface area contributed by atoms with Crippen LogP contribution in [0.15, 0.2) is 30.5 Å². The number of likely N-dealkylation sites (tertiary alicyclic amines) is 1. The van der Waals surface area contributed by atoms with Crippen LogP contribution in [0.3, 0.4) is 0 Å². The van der Waals surface area contributed by atoms with E-state index in [1.807, 2.05) is 19.3 Å². The minimum Gasteiger partial charge on any atom is -0.374 e. The number of rotatable bonds is 7. The second kappa shape index (κ2) is 8.43. The molecule has 2 N–H and O–H groups in total. The van der Waals surface area contributed by atoms with Gasteiger partial charge in [-0.3, -0.25) is 4.79 Å². The number of nitrogens with zero attached hydrogens (tertiary/aromatic N) is 3. The molecular formula is C19H27N5O. The number of carbonyl (C=O) groups excluding carboxylic acids is 1. The normalized spacial score (nSPS) is 17.3. The molecule has 0 aromatic carbocycles. The molecule has 2 heterocycles. The van der Waals surface area contributed by atoms with Gasteiger partial charge in [-0.25, -0.2) is 0 Å². The zero-order chi connectivity index (χ0) is 18.4. The first-order valence-corrected chi connectivity index (χ1v) is 8.64. The minimum absolute atomic E-state index is 0.0654. The maximum Gasteiger partial charge on any atom is 0.236 e. The van der Waals surface area contributed by atoms with E-state index in [9.17, 15) is 4.79 Å². The average Bonchev–Trinajstić information content (AvgIpc) is 3.28. The Kier molecular flexibility index (Phi) is 6.29. The quantitative estimate of drug-likeness (QED) is 0.748. The molecule has 6 heteroatoms. The second-order valence-corrected chi connectivity index (χ2v) is 6.29. The van der Waals surface area contributed by atoms with Crippen molar-refractivity contribution in [2.45, 2.75) is 32.2 Å². The van der Waals surface area contributed by atoms with Gasteiger partial charge in [-0.1, -0.05) is 19.1 Å². The van der Waals surface area contributed by atoms with E-state index in [0.29, 0.717) is 0 Å². The molecule has 0 bridgehead atoms. The van der Waals surface area contributed by atoms with Crippen LogP contribution in [0, 0.1) is 11.3 Å². The number of amides is 1. The standard InChI is InChI=1S/C19H27N5O/c1-5-14(2)12-17(16-7-10-22-19(16)21-3)24-11-8-15(13-24)23(4)18(25)6-9-20/h7,10,12,15,21-22H,2,5-6,8,11,13H2,1,3-4H3/b17-12+. The molecule has 0 aliphatic carbocycles. The van der Waals surface area contributed by atoms with Crippen molar-refractivity contribution >= 4 is 17.4 Å². The lowest BCUT2D eigenvalue weighted by Gasteiger charge is -2.26. The summed E-state index contributed by atoms with van der Waals surface area (Å²) >= 11 is 0.